The van der Waals surface area contributed by atoms with Crippen LogP contribution in [-0.2, 0) is 14.8 Å². The van der Waals surface area contributed by atoms with Crippen molar-refractivity contribution >= 4 is 21.7 Å². The summed E-state index contributed by atoms with van der Waals surface area (Å²) < 4.78 is 62.1. The number of halogens is 2. The minimum Gasteiger partial charge on any atom is -0.462 e. The highest BCUT2D eigenvalue weighted by Crippen LogP contribution is 2.33. The van der Waals surface area contributed by atoms with E-state index in [0.29, 0.717) is 6.07 Å². The van der Waals surface area contributed by atoms with E-state index in [0.717, 1.165) is 18.4 Å². The third-order valence-electron chi connectivity index (χ3n) is 2.90. The first-order valence-electron chi connectivity index (χ1n) is 7.11. The molecule has 1 N–H and O–H groups in total. The zero-order valence-corrected chi connectivity index (χ0v) is 14.2. The molecule has 25 heavy (non-hydrogen) atoms. The van der Waals surface area contributed by atoms with Crippen LogP contribution in [0, 0.1) is 11.6 Å². The molecule has 0 aliphatic carbocycles. The minimum absolute atomic E-state index is 0.0146. The van der Waals surface area contributed by atoms with Crippen LogP contribution < -0.4 is 9.46 Å². The summed E-state index contributed by atoms with van der Waals surface area (Å²) in [5.41, 5.74) is 0.0673. The highest BCUT2D eigenvalue weighted by atomic mass is 32.2. The first-order valence-corrected chi connectivity index (χ1v) is 9.00. The molecule has 0 unspecified atom stereocenters. The molecule has 0 heterocycles. The van der Waals surface area contributed by atoms with Crippen molar-refractivity contribution in [2.75, 3.05) is 17.6 Å². The number of sulfonamides is 1. The largest absolute Gasteiger partial charge is 0.462 e. The van der Waals surface area contributed by atoms with Gasteiger partial charge >= 0.3 is 5.97 Å². The molecule has 9 heteroatoms. The first-order chi connectivity index (χ1) is 11.7. The molecule has 0 spiro atoms. The van der Waals surface area contributed by atoms with Crippen molar-refractivity contribution in [2.45, 2.75) is 6.92 Å². The summed E-state index contributed by atoms with van der Waals surface area (Å²) >= 11 is 0. The van der Waals surface area contributed by atoms with Crippen molar-refractivity contribution in [3.8, 4) is 11.5 Å². The van der Waals surface area contributed by atoms with Gasteiger partial charge in [-0.1, -0.05) is 0 Å². The Labute approximate surface area is 143 Å². The van der Waals surface area contributed by atoms with E-state index in [1.54, 1.807) is 6.92 Å². The second kappa shape index (κ2) is 7.47. The second-order valence-electron chi connectivity index (χ2n) is 4.98. The van der Waals surface area contributed by atoms with Crippen LogP contribution in [0.5, 0.6) is 11.5 Å². The predicted octanol–water partition coefficient (Wildman–Crippen LogP) is 3.31. The maximum atomic E-state index is 13.8. The average molecular weight is 371 g/mol. The van der Waals surface area contributed by atoms with Gasteiger partial charge in [0.1, 0.15) is 5.82 Å². The molecule has 2 aromatic carbocycles. The van der Waals surface area contributed by atoms with Gasteiger partial charge in [-0.05, 0) is 37.3 Å². The molecule has 0 fully saturated rings. The van der Waals surface area contributed by atoms with E-state index in [-0.39, 0.29) is 29.4 Å². The topological polar surface area (TPSA) is 81.7 Å². The van der Waals surface area contributed by atoms with Crippen molar-refractivity contribution < 1.29 is 31.5 Å². The number of carbonyl (C=O) groups excluding carboxylic acids is 1. The third-order valence-corrected chi connectivity index (χ3v) is 3.49. The van der Waals surface area contributed by atoms with Crippen LogP contribution in [0.25, 0.3) is 0 Å². The zero-order valence-electron chi connectivity index (χ0n) is 13.4. The Morgan fingerprint density at radius 2 is 1.84 bits per heavy atom. The van der Waals surface area contributed by atoms with Gasteiger partial charge in [-0.25, -0.2) is 22.0 Å². The number of hydrogen-bond acceptors (Lipinski definition) is 5. The number of anilines is 1. The third kappa shape index (κ3) is 5.15. The van der Waals surface area contributed by atoms with Crippen molar-refractivity contribution in [3.05, 3.63) is 53.6 Å². The van der Waals surface area contributed by atoms with Crippen molar-refractivity contribution in [3.63, 3.8) is 0 Å². The molecule has 0 radical (unpaired) electrons. The van der Waals surface area contributed by atoms with Crippen LogP contribution in [0.1, 0.15) is 17.3 Å². The van der Waals surface area contributed by atoms with Crippen molar-refractivity contribution in [1.29, 1.82) is 0 Å². The summed E-state index contributed by atoms with van der Waals surface area (Å²) in [4.78, 5) is 11.8. The second-order valence-corrected chi connectivity index (χ2v) is 6.73. The molecule has 2 aromatic rings. The molecule has 0 atom stereocenters. The molecule has 2 rings (SSSR count). The van der Waals surface area contributed by atoms with E-state index in [4.69, 9.17) is 9.47 Å². The van der Waals surface area contributed by atoms with Gasteiger partial charge in [0.15, 0.2) is 17.3 Å². The van der Waals surface area contributed by atoms with E-state index in [2.05, 4.69) is 4.72 Å². The molecule has 0 amide bonds. The highest BCUT2D eigenvalue weighted by Gasteiger charge is 2.16. The Morgan fingerprint density at radius 3 is 2.44 bits per heavy atom. The number of benzene rings is 2. The lowest BCUT2D eigenvalue weighted by atomic mass is 10.2. The Kier molecular flexibility index (Phi) is 5.58. The number of nitrogens with one attached hydrogen (secondary N) is 1. The quantitative estimate of drug-likeness (QED) is 0.788. The molecular weight excluding hydrogens is 356 g/mol. The normalized spacial score (nSPS) is 11.0. The Bertz CT molecular complexity index is 899. The number of esters is 1. The molecule has 0 bridgehead atoms. The van der Waals surface area contributed by atoms with Gasteiger partial charge in [-0.15, -0.1) is 0 Å². The highest BCUT2D eigenvalue weighted by molar-refractivity contribution is 7.92. The van der Waals surface area contributed by atoms with E-state index in [1.165, 1.54) is 18.2 Å². The first kappa shape index (κ1) is 18.7. The van der Waals surface area contributed by atoms with Gasteiger partial charge in [0.25, 0.3) is 0 Å². The number of rotatable bonds is 6. The van der Waals surface area contributed by atoms with Gasteiger partial charge in [0.2, 0.25) is 10.0 Å². The molecule has 0 aliphatic rings. The summed E-state index contributed by atoms with van der Waals surface area (Å²) in [7, 11) is -3.65. The summed E-state index contributed by atoms with van der Waals surface area (Å²) in [6.07, 6.45) is 0.925. The van der Waals surface area contributed by atoms with Crippen molar-refractivity contribution in [1.82, 2.24) is 0 Å². The SMILES string of the molecule is CCOC(=O)c1ccc(NS(C)(=O)=O)c(Oc2ccc(F)cc2F)c1. The molecule has 0 saturated heterocycles. The van der Waals surface area contributed by atoms with E-state index in [1.807, 2.05) is 0 Å². The molecule has 0 saturated carbocycles. The maximum absolute atomic E-state index is 13.8. The maximum Gasteiger partial charge on any atom is 0.338 e. The monoisotopic (exact) mass is 371 g/mol. The number of carbonyl (C=O) groups is 1. The van der Waals surface area contributed by atoms with Gasteiger partial charge in [0, 0.05) is 6.07 Å². The molecule has 6 nitrogen and oxygen atoms in total. The van der Waals surface area contributed by atoms with Crippen LogP contribution in [0.2, 0.25) is 0 Å². The Morgan fingerprint density at radius 1 is 1.12 bits per heavy atom. The van der Waals surface area contributed by atoms with Gasteiger partial charge in [0.05, 0.1) is 24.1 Å². The van der Waals surface area contributed by atoms with Crippen LogP contribution >= 0.6 is 0 Å². The lowest BCUT2D eigenvalue weighted by Gasteiger charge is -2.14. The van der Waals surface area contributed by atoms with E-state index in [9.17, 15) is 22.0 Å². The predicted molar refractivity (Wildman–Crippen MR) is 87.3 cm³/mol. The van der Waals surface area contributed by atoms with Crippen LogP contribution in [0.15, 0.2) is 36.4 Å². The minimum atomic E-state index is -3.65. The standard InChI is InChI=1S/C16H15F2NO5S/c1-3-23-16(20)10-4-6-13(19-25(2,21)22)15(8-10)24-14-7-5-11(17)9-12(14)18/h4-9,19H,3H2,1-2H3. The van der Waals surface area contributed by atoms with Gasteiger partial charge < -0.3 is 9.47 Å². The molecule has 0 aromatic heterocycles. The average Bonchev–Trinajstić information content (AvgIpc) is 2.50. The molecule has 134 valence electrons. The lowest BCUT2D eigenvalue weighted by molar-refractivity contribution is 0.0526. The lowest BCUT2D eigenvalue weighted by Crippen LogP contribution is -2.11. The Hall–Kier alpha value is -2.68. The fraction of sp³-hybridized carbons (Fsp3) is 0.188. The molecule has 0 aliphatic heterocycles. The van der Waals surface area contributed by atoms with E-state index >= 15 is 0 Å². The van der Waals surface area contributed by atoms with E-state index < -0.39 is 27.6 Å². The van der Waals surface area contributed by atoms with Crippen molar-refractivity contribution in [2.24, 2.45) is 0 Å². The Balaban J connectivity index is 2.46. The van der Waals surface area contributed by atoms with Crippen LogP contribution in [-0.4, -0.2) is 27.2 Å². The summed E-state index contributed by atoms with van der Waals surface area (Å²) in [5.74, 6) is -2.90. The molecular formula is C16H15F2NO5S. The fourth-order valence-electron chi connectivity index (χ4n) is 1.91. The summed E-state index contributed by atoms with van der Waals surface area (Å²) in [6, 6.07) is 6.47. The summed E-state index contributed by atoms with van der Waals surface area (Å²) in [5, 5.41) is 0. The van der Waals surface area contributed by atoms with Gasteiger partial charge in [-0.3, -0.25) is 4.72 Å². The number of ether oxygens (including phenoxy) is 2. The van der Waals surface area contributed by atoms with Crippen LogP contribution in [0.4, 0.5) is 14.5 Å². The van der Waals surface area contributed by atoms with Gasteiger partial charge in [-0.2, -0.15) is 0 Å². The van der Waals surface area contributed by atoms with Crippen LogP contribution in [0.3, 0.4) is 0 Å². The fourth-order valence-corrected chi connectivity index (χ4v) is 2.48. The number of hydrogen-bond donors (Lipinski definition) is 1. The zero-order chi connectivity index (χ0) is 18.6. The summed E-state index contributed by atoms with van der Waals surface area (Å²) in [6.45, 7) is 1.77. The smallest absolute Gasteiger partial charge is 0.338 e.